The number of nitrogens with zero attached hydrogens (tertiary/aromatic N) is 2. The van der Waals surface area contributed by atoms with Crippen molar-refractivity contribution in [2.75, 3.05) is 0 Å². The number of hydrogen-bond acceptors (Lipinski definition) is 2. The monoisotopic (exact) mass is 435 g/mol. The van der Waals surface area contributed by atoms with Gasteiger partial charge in [0.1, 0.15) is 5.69 Å². The molecule has 4 rings (SSSR count). The van der Waals surface area contributed by atoms with E-state index in [0.29, 0.717) is 21.4 Å². The second kappa shape index (κ2) is 8.74. The van der Waals surface area contributed by atoms with E-state index in [1.165, 1.54) is 0 Å². The molecule has 6 heteroatoms. The molecule has 0 saturated carbocycles. The van der Waals surface area contributed by atoms with Gasteiger partial charge in [-0.05, 0) is 48.9 Å². The largest absolute Gasteiger partial charge is 0.344 e. The molecular weight excluding hydrogens is 417 g/mol. The standard InChI is InChI=1S/C24H19Cl2N3O/c1-16(17-7-3-2-4-8-17)27-24(30)23-15-22(20-9-5-6-10-21(20)26)28-29(23)19-13-11-18(25)12-14-19/h2-16H,1H3,(H,27,30). The van der Waals surface area contributed by atoms with E-state index in [-0.39, 0.29) is 11.9 Å². The predicted molar refractivity (Wildman–Crippen MR) is 121 cm³/mol. The first-order valence-corrected chi connectivity index (χ1v) is 10.3. The number of carbonyl (C=O) groups is 1. The summed E-state index contributed by atoms with van der Waals surface area (Å²) in [6.45, 7) is 1.95. The van der Waals surface area contributed by atoms with Crippen LogP contribution in [0.2, 0.25) is 10.0 Å². The van der Waals surface area contributed by atoms with Crippen molar-refractivity contribution in [1.82, 2.24) is 15.1 Å². The fraction of sp³-hybridized carbons (Fsp3) is 0.0833. The molecule has 0 bridgehead atoms. The third kappa shape index (κ3) is 4.25. The number of amides is 1. The molecule has 0 aliphatic carbocycles. The molecule has 1 atom stereocenters. The summed E-state index contributed by atoms with van der Waals surface area (Å²) in [6, 6.07) is 26.0. The first-order chi connectivity index (χ1) is 14.5. The number of benzene rings is 3. The van der Waals surface area contributed by atoms with Crippen LogP contribution in [0.3, 0.4) is 0 Å². The highest BCUT2D eigenvalue weighted by Crippen LogP contribution is 2.28. The minimum atomic E-state index is -0.230. The number of hydrogen-bond donors (Lipinski definition) is 1. The zero-order valence-electron chi connectivity index (χ0n) is 16.2. The Bertz CT molecular complexity index is 1170. The van der Waals surface area contributed by atoms with E-state index < -0.39 is 0 Å². The molecule has 0 radical (unpaired) electrons. The van der Waals surface area contributed by atoms with Crippen molar-refractivity contribution in [1.29, 1.82) is 0 Å². The van der Waals surface area contributed by atoms with Crippen molar-refractivity contribution in [2.45, 2.75) is 13.0 Å². The summed E-state index contributed by atoms with van der Waals surface area (Å²) in [6.07, 6.45) is 0. The number of aromatic nitrogens is 2. The van der Waals surface area contributed by atoms with E-state index >= 15 is 0 Å². The molecular formula is C24H19Cl2N3O. The van der Waals surface area contributed by atoms with E-state index in [2.05, 4.69) is 10.4 Å². The molecule has 1 amide bonds. The Morgan fingerprint density at radius 2 is 1.60 bits per heavy atom. The van der Waals surface area contributed by atoms with Gasteiger partial charge in [0.25, 0.3) is 5.91 Å². The molecule has 0 aliphatic heterocycles. The number of halogens is 2. The Morgan fingerprint density at radius 1 is 0.933 bits per heavy atom. The van der Waals surface area contributed by atoms with Gasteiger partial charge >= 0.3 is 0 Å². The van der Waals surface area contributed by atoms with Gasteiger partial charge < -0.3 is 5.32 Å². The topological polar surface area (TPSA) is 46.9 Å². The summed E-state index contributed by atoms with van der Waals surface area (Å²) >= 11 is 12.4. The van der Waals surface area contributed by atoms with E-state index in [1.54, 1.807) is 28.9 Å². The van der Waals surface area contributed by atoms with Crippen LogP contribution >= 0.6 is 23.2 Å². The normalized spacial score (nSPS) is 11.8. The summed E-state index contributed by atoms with van der Waals surface area (Å²) in [4.78, 5) is 13.2. The minimum absolute atomic E-state index is 0.156. The van der Waals surface area contributed by atoms with Crippen LogP contribution in [0, 0.1) is 0 Å². The van der Waals surface area contributed by atoms with Crippen molar-refractivity contribution < 1.29 is 4.79 Å². The van der Waals surface area contributed by atoms with Gasteiger partial charge in [-0.15, -0.1) is 0 Å². The van der Waals surface area contributed by atoms with Crippen LogP contribution < -0.4 is 5.32 Å². The first kappa shape index (κ1) is 20.2. The number of rotatable bonds is 5. The molecule has 3 aromatic carbocycles. The van der Waals surface area contributed by atoms with Crippen molar-refractivity contribution in [3.8, 4) is 16.9 Å². The van der Waals surface area contributed by atoms with Gasteiger partial charge in [0.2, 0.25) is 0 Å². The SMILES string of the molecule is CC(NC(=O)c1cc(-c2ccccc2Cl)nn1-c1ccc(Cl)cc1)c1ccccc1. The molecule has 1 unspecified atom stereocenters. The lowest BCUT2D eigenvalue weighted by atomic mass is 10.1. The molecule has 4 aromatic rings. The van der Waals surface area contributed by atoms with E-state index in [4.69, 9.17) is 23.2 Å². The van der Waals surface area contributed by atoms with Crippen LogP contribution in [-0.2, 0) is 0 Å². The number of carbonyl (C=O) groups excluding carboxylic acids is 1. The minimum Gasteiger partial charge on any atom is -0.344 e. The fourth-order valence-corrected chi connectivity index (χ4v) is 3.58. The highest BCUT2D eigenvalue weighted by atomic mass is 35.5. The van der Waals surface area contributed by atoms with Crippen molar-refractivity contribution in [3.05, 3.63) is 106 Å². The van der Waals surface area contributed by atoms with Gasteiger partial charge in [-0.2, -0.15) is 5.10 Å². The van der Waals surface area contributed by atoms with Gasteiger partial charge in [-0.1, -0.05) is 71.7 Å². The third-order valence-corrected chi connectivity index (χ3v) is 5.39. The third-order valence-electron chi connectivity index (χ3n) is 4.81. The maximum Gasteiger partial charge on any atom is 0.270 e. The van der Waals surface area contributed by atoms with E-state index in [1.807, 2.05) is 67.6 Å². The smallest absolute Gasteiger partial charge is 0.270 e. The molecule has 1 aromatic heterocycles. The Balaban J connectivity index is 1.74. The lowest BCUT2D eigenvalue weighted by Gasteiger charge is -2.15. The Morgan fingerprint density at radius 3 is 2.30 bits per heavy atom. The molecule has 0 spiro atoms. The molecule has 4 nitrogen and oxygen atoms in total. The van der Waals surface area contributed by atoms with Crippen molar-refractivity contribution in [2.24, 2.45) is 0 Å². The van der Waals surface area contributed by atoms with E-state index in [0.717, 1.165) is 16.8 Å². The van der Waals surface area contributed by atoms with Gasteiger partial charge in [-0.3, -0.25) is 4.79 Å². The predicted octanol–water partition coefficient (Wildman–Crippen LogP) is 6.34. The lowest BCUT2D eigenvalue weighted by Crippen LogP contribution is -2.28. The zero-order valence-corrected chi connectivity index (χ0v) is 17.7. The summed E-state index contributed by atoms with van der Waals surface area (Å²) in [5.41, 5.74) is 3.55. The van der Waals surface area contributed by atoms with Crippen LogP contribution in [-0.4, -0.2) is 15.7 Å². The Labute approximate surface area is 185 Å². The van der Waals surface area contributed by atoms with Crippen molar-refractivity contribution >= 4 is 29.1 Å². The molecule has 0 fully saturated rings. The summed E-state index contributed by atoms with van der Waals surface area (Å²) < 4.78 is 1.61. The molecule has 0 saturated heterocycles. The summed E-state index contributed by atoms with van der Waals surface area (Å²) in [5.74, 6) is -0.230. The summed E-state index contributed by atoms with van der Waals surface area (Å²) in [7, 11) is 0. The van der Waals surface area contributed by atoms with Gasteiger partial charge in [0.15, 0.2) is 0 Å². The molecule has 30 heavy (non-hydrogen) atoms. The molecule has 0 aliphatic rings. The average Bonchev–Trinajstić information content (AvgIpc) is 3.20. The quantitative estimate of drug-likeness (QED) is 0.397. The van der Waals surface area contributed by atoms with Crippen LogP contribution in [0.5, 0.6) is 0 Å². The highest BCUT2D eigenvalue weighted by Gasteiger charge is 2.20. The van der Waals surface area contributed by atoms with Gasteiger partial charge in [-0.25, -0.2) is 4.68 Å². The Kier molecular flexibility index (Phi) is 5.88. The summed E-state index contributed by atoms with van der Waals surface area (Å²) in [5, 5.41) is 8.91. The molecule has 1 N–H and O–H groups in total. The van der Waals surface area contributed by atoms with Crippen LogP contribution in [0.25, 0.3) is 16.9 Å². The first-order valence-electron chi connectivity index (χ1n) is 9.49. The average molecular weight is 436 g/mol. The van der Waals surface area contributed by atoms with Crippen LogP contribution in [0.1, 0.15) is 29.0 Å². The van der Waals surface area contributed by atoms with Gasteiger partial charge in [0, 0.05) is 10.6 Å². The zero-order chi connectivity index (χ0) is 21.1. The maximum absolute atomic E-state index is 13.2. The van der Waals surface area contributed by atoms with Crippen molar-refractivity contribution in [3.63, 3.8) is 0 Å². The van der Waals surface area contributed by atoms with Crippen LogP contribution in [0.15, 0.2) is 84.9 Å². The lowest BCUT2D eigenvalue weighted by molar-refractivity contribution is 0.0932. The molecule has 150 valence electrons. The second-order valence-electron chi connectivity index (χ2n) is 6.89. The second-order valence-corrected chi connectivity index (χ2v) is 7.73. The highest BCUT2D eigenvalue weighted by molar-refractivity contribution is 6.33. The number of nitrogens with one attached hydrogen (secondary N) is 1. The maximum atomic E-state index is 13.2. The fourth-order valence-electron chi connectivity index (χ4n) is 3.22. The van der Waals surface area contributed by atoms with E-state index in [9.17, 15) is 4.79 Å². The molecule has 1 heterocycles. The Hall–Kier alpha value is -3.08. The van der Waals surface area contributed by atoms with Crippen LogP contribution in [0.4, 0.5) is 0 Å². The van der Waals surface area contributed by atoms with Gasteiger partial charge in [0.05, 0.1) is 22.4 Å².